The molecule has 1 amide bonds. The smallest absolute Gasteiger partial charge is 0.267 e. The summed E-state index contributed by atoms with van der Waals surface area (Å²) in [7, 11) is 0. The molecule has 3 aromatic rings. The van der Waals surface area contributed by atoms with Crippen LogP contribution in [0.5, 0.6) is 0 Å². The first-order chi connectivity index (χ1) is 13.2. The number of nitrogens with one attached hydrogen (secondary N) is 1. The molecule has 0 saturated heterocycles. The van der Waals surface area contributed by atoms with Gasteiger partial charge in [0, 0.05) is 11.7 Å². The van der Waals surface area contributed by atoms with Gasteiger partial charge in [0.05, 0.1) is 16.2 Å². The van der Waals surface area contributed by atoms with Crippen molar-refractivity contribution in [2.45, 2.75) is 50.6 Å². The Kier molecular flexibility index (Phi) is 5.56. The lowest BCUT2D eigenvalue weighted by Gasteiger charge is -2.23. The average molecular weight is 397 g/mol. The lowest BCUT2D eigenvalue weighted by atomic mass is 10.1. The summed E-state index contributed by atoms with van der Waals surface area (Å²) in [6, 6.07) is 10.9. The molecule has 146 valence electrons. The number of para-hydroxylation sites is 1. The Morgan fingerprint density at radius 3 is 2.54 bits per heavy atom. The van der Waals surface area contributed by atoms with Crippen LogP contribution < -0.4 is 10.9 Å². The van der Waals surface area contributed by atoms with Crippen LogP contribution in [0.15, 0.2) is 52.5 Å². The van der Waals surface area contributed by atoms with E-state index in [0.29, 0.717) is 21.9 Å². The zero-order valence-corrected chi connectivity index (χ0v) is 17.5. The number of fused-ring (bicyclic) bond motifs is 1. The molecule has 6 nitrogen and oxygen atoms in total. The van der Waals surface area contributed by atoms with Gasteiger partial charge in [-0.15, -0.1) is 0 Å². The maximum absolute atomic E-state index is 13.2. The van der Waals surface area contributed by atoms with Gasteiger partial charge in [-0.05, 0) is 58.4 Å². The van der Waals surface area contributed by atoms with Gasteiger partial charge in [0.25, 0.3) is 5.56 Å². The third-order valence-electron chi connectivity index (χ3n) is 4.02. The van der Waals surface area contributed by atoms with Gasteiger partial charge in [0.1, 0.15) is 5.82 Å². The Morgan fingerprint density at radius 1 is 1.18 bits per heavy atom. The Morgan fingerprint density at radius 2 is 1.89 bits per heavy atom. The highest BCUT2D eigenvalue weighted by molar-refractivity contribution is 8.00. The van der Waals surface area contributed by atoms with Crippen molar-refractivity contribution in [1.29, 1.82) is 0 Å². The average Bonchev–Trinajstić information content (AvgIpc) is 2.62. The standard InChI is InChI=1S/C21H24N4O2S/c1-13-10-11-17(22-12-13)25-19(27)15-8-6-7-9-16(15)23-20(25)28-14(2)18(26)24-21(3,4)5/h6-12,14H,1-5H3,(H,24,26)/t14-/m0/s1. The summed E-state index contributed by atoms with van der Waals surface area (Å²) in [6.07, 6.45) is 1.71. The third kappa shape index (κ3) is 4.42. The van der Waals surface area contributed by atoms with E-state index in [1.165, 1.54) is 16.3 Å². The van der Waals surface area contributed by atoms with Gasteiger partial charge < -0.3 is 5.32 Å². The van der Waals surface area contributed by atoms with E-state index in [4.69, 9.17) is 0 Å². The number of hydrogen-bond donors (Lipinski definition) is 1. The first-order valence-corrected chi connectivity index (χ1v) is 9.97. The Labute approximate surface area is 168 Å². The van der Waals surface area contributed by atoms with Crippen LogP contribution in [0.25, 0.3) is 16.7 Å². The van der Waals surface area contributed by atoms with Crippen LogP contribution in [0.2, 0.25) is 0 Å². The number of amides is 1. The van der Waals surface area contributed by atoms with Crippen LogP contribution in [0, 0.1) is 6.92 Å². The van der Waals surface area contributed by atoms with E-state index in [1.807, 2.05) is 45.9 Å². The summed E-state index contributed by atoms with van der Waals surface area (Å²) >= 11 is 1.25. The van der Waals surface area contributed by atoms with Gasteiger partial charge in [-0.1, -0.05) is 30.0 Å². The van der Waals surface area contributed by atoms with Crippen LogP contribution in [-0.4, -0.2) is 31.2 Å². The molecule has 2 heterocycles. The molecule has 3 rings (SSSR count). The molecule has 0 aliphatic rings. The van der Waals surface area contributed by atoms with Gasteiger partial charge in [0.2, 0.25) is 5.91 Å². The van der Waals surface area contributed by atoms with Gasteiger partial charge in [-0.2, -0.15) is 0 Å². The first-order valence-electron chi connectivity index (χ1n) is 9.09. The number of nitrogens with zero attached hydrogens (tertiary/aromatic N) is 3. The van der Waals surface area contributed by atoms with E-state index in [2.05, 4.69) is 15.3 Å². The molecular formula is C21H24N4O2S. The minimum Gasteiger partial charge on any atom is -0.351 e. The minimum atomic E-state index is -0.427. The molecule has 1 aromatic carbocycles. The van der Waals surface area contributed by atoms with Gasteiger partial charge in [-0.25, -0.2) is 14.5 Å². The van der Waals surface area contributed by atoms with E-state index >= 15 is 0 Å². The highest BCUT2D eigenvalue weighted by Gasteiger charge is 2.23. The third-order valence-corrected chi connectivity index (χ3v) is 5.07. The second-order valence-corrected chi connectivity index (χ2v) is 9.05. The molecular weight excluding hydrogens is 372 g/mol. The largest absolute Gasteiger partial charge is 0.351 e. The van der Waals surface area contributed by atoms with Crippen molar-refractivity contribution >= 4 is 28.6 Å². The molecule has 0 fully saturated rings. The predicted octanol–water partition coefficient (Wildman–Crippen LogP) is 3.48. The predicted molar refractivity (Wildman–Crippen MR) is 113 cm³/mol. The fourth-order valence-corrected chi connectivity index (χ4v) is 3.58. The Bertz CT molecular complexity index is 1070. The molecule has 0 spiro atoms. The van der Waals surface area contributed by atoms with Crippen molar-refractivity contribution in [1.82, 2.24) is 19.9 Å². The van der Waals surface area contributed by atoms with Gasteiger partial charge in [0.15, 0.2) is 5.16 Å². The summed E-state index contributed by atoms with van der Waals surface area (Å²) in [6.45, 7) is 9.54. The second kappa shape index (κ2) is 7.75. The lowest BCUT2D eigenvalue weighted by Crippen LogP contribution is -2.44. The van der Waals surface area contributed by atoms with Crippen molar-refractivity contribution in [3.63, 3.8) is 0 Å². The quantitative estimate of drug-likeness (QED) is 0.540. The zero-order valence-electron chi connectivity index (χ0n) is 16.7. The monoisotopic (exact) mass is 396 g/mol. The van der Waals surface area contributed by atoms with Crippen molar-refractivity contribution in [2.75, 3.05) is 0 Å². The van der Waals surface area contributed by atoms with E-state index in [0.717, 1.165) is 5.56 Å². The lowest BCUT2D eigenvalue weighted by molar-refractivity contribution is -0.121. The molecule has 0 saturated carbocycles. The Balaban J connectivity index is 2.10. The molecule has 28 heavy (non-hydrogen) atoms. The van der Waals surface area contributed by atoms with Crippen molar-refractivity contribution in [3.05, 3.63) is 58.5 Å². The number of carbonyl (C=O) groups is 1. The zero-order chi connectivity index (χ0) is 20.5. The van der Waals surface area contributed by atoms with Crippen LogP contribution in [-0.2, 0) is 4.79 Å². The summed E-state index contributed by atoms with van der Waals surface area (Å²) in [5.74, 6) is 0.378. The number of hydrogen-bond acceptors (Lipinski definition) is 5. The molecule has 2 aromatic heterocycles. The van der Waals surface area contributed by atoms with Crippen molar-refractivity contribution in [3.8, 4) is 5.82 Å². The summed E-state index contributed by atoms with van der Waals surface area (Å²) in [5.41, 5.74) is 1.06. The number of thioether (sulfide) groups is 1. The van der Waals surface area contributed by atoms with Crippen molar-refractivity contribution < 1.29 is 4.79 Å². The fraction of sp³-hybridized carbons (Fsp3) is 0.333. The topological polar surface area (TPSA) is 76.9 Å². The van der Waals surface area contributed by atoms with Crippen LogP contribution in [0.1, 0.15) is 33.3 Å². The van der Waals surface area contributed by atoms with Crippen LogP contribution in [0.3, 0.4) is 0 Å². The van der Waals surface area contributed by atoms with E-state index in [-0.39, 0.29) is 17.0 Å². The molecule has 0 aliphatic heterocycles. The normalized spacial score (nSPS) is 12.8. The second-order valence-electron chi connectivity index (χ2n) is 7.75. The molecule has 0 radical (unpaired) electrons. The van der Waals surface area contributed by atoms with Crippen LogP contribution >= 0.6 is 11.8 Å². The van der Waals surface area contributed by atoms with E-state index in [1.54, 1.807) is 31.3 Å². The molecule has 1 N–H and O–H groups in total. The molecule has 0 unspecified atom stereocenters. The SMILES string of the molecule is Cc1ccc(-n2c(S[C@@H](C)C(=O)NC(C)(C)C)nc3ccccc3c2=O)nc1. The fourth-order valence-electron chi connectivity index (χ4n) is 2.67. The number of carbonyl (C=O) groups excluding carboxylic acids is 1. The van der Waals surface area contributed by atoms with Crippen LogP contribution in [0.4, 0.5) is 0 Å². The molecule has 0 bridgehead atoms. The summed E-state index contributed by atoms with van der Waals surface area (Å²) < 4.78 is 1.48. The Hall–Kier alpha value is -2.67. The van der Waals surface area contributed by atoms with Crippen molar-refractivity contribution in [2.24, 2.45) is 0 Å². The number of aromatic nitrogens is 3. The molecule has 7 heteroatoms. The summed E-state index contributed by atoms with van der Waals surface area (Å²) in [4.78, 5) is 34.8. The maximum Gasteiger partial charge on any atom is 0.267 e. The first kappa shape index (κ1) is 20.1. The van der Waals surface area contributed by atoms with E-state index in [9.17, 15) is 9.59 Å². The molecule has 0 aliphatic carbocycles. The number of benzene rings is 1. The highest BCUT2D eigenvalue weighted by atomic mass is 32.2. The van der Waals surface area contributed by atoms with E-state index < -0.39 is 5.25 Å². The summed E-state index contributed by atoms with van der Waals surface area (Å²) in [5, 5.41) is 3.50. The van der Waals surface area contributed by atoms with Gasteiger partial charge in [-0.3, -0.25) is 9.59 Å². The molecule has 1 atom stereocenters. The highest BCUT2D eigenvalue weighted by Crippen LogP contribution is 2.25. The number of aryl methyl sites for hydroxylation is 1. The minimum absolute atomic E-state index is 0.108. The number of pyridine rings is 1. The van der Waals surface area contributed by atoms with Gasteiger partial charge >= 0.3 is 0 Å². The number of rotatable bonds is 4. The maximum atomic E-state index is 13.2.